The fourth-order valence-corrected chi connectivity index (χ4v) is 16.8. The van der Waals surface area contributed by atoms with Gasteiger partial charge in [-0.05, 0) is 135 Å². The first-order chi connectivity index (χ1) is 64.5. The molecule has 8 saturated heterocycles. The number of rotatable bonds is 17. The molecule has 4 N–H and O–H groups in total. The van der Waals surface area contributed by atoms with Crippen molar-refractivity contribution in [1.82, 2.24) is 34.7 Å². The van der Waals surface area contributed by atoms with Gasteiger partial charge in [0.05, 0.1) is 26.7 Å². The van der Waals surface area contributed by atoms with Crippen molar-refractivity contribution in [2.45, 2.75) is 119 Å². The molecule has 3 spiro atoms. The normalized spacial score (nSPS) is 16.9. The molecule has 0 unspecified atom stereocenters. The Bertz CT molecular complexity index is 5480. The summed E-state index contributed by atoms with van der Waals surface area (Å²) < 4.78 is 30.6. The van der Waals surface area contributed by atoms with Crippen LogP contribution in [0.5, 0.6) is 0 Å². The number of nitrogens with one attached hydrogen (secondary N) is 2. The number of carbonyl (C=O) groups is 13. The molecule has 0 radical (unpaired) electrons. The number of nitrogen functional groups attached to an aromatic ring is 1. The number of ether oxygens (including phenoxy) is 6. The summed E-state index contributed by atoms with van der Waals surface area (Å²) in [6.07, 6.45) is 2.77. The van der Waals surface area contributed by atoms with Crippen LogP contribution in [0.2, 0.25) is 0 Å². The van der Waals surface area contributed by atoms with E-state index >= 15 is 0 Å². The van der Waals surface area contributed by atoms with Crippen molar-refractivity contribution in [2.75, 3.05) is 119 Å². The van der Waals surface area contributed by atoms with Crippen molar-refractivity contribution in [3.05, 3.63) is 303 Å². The number of para-hydroxylation sites is 5. The van der Waals surface area contributed by atoms with E-state index in [-0.39, 0.29) is 136 Å². The molecule has 9 aromatic carbocycles. The molecular formula is C102H114N13O19Pd-. The molecule has 8 heterocycles. The van der Waals surface area contributed by atoms with Crippen LogP contribution in [-0.4, -0.2) is 222 Å². The summed E-state index contributed by atoms with van der Waals surface area (Å²) in [6.45, 7) is 4.61. The van der Waals surface area contributed by atoms with Crippen LogP contribution < -0.4 is 31.1 Å². The summed E-state index contributed by atoms with van der Waals surface area (Å²) in [6, 6.07) is 85.8. The third-order valence-electron chi connectivity index (χ3n) is 24.1. The van der Waals surface area contributed by atoms with Gasteiger partial charge in [-0.2, -0.15) is 5.26 Å². The van der Waals surface area contributed by atoms with E-state index in [1.54, 1.807) is 60.9 Å². The Balaban J connectivity index is 0.000000188. The molecule has 135 heavy (non-hydrogen) atoms. The number of imide groups is 2. The molecule has 0 bridgehead atoms. The predicted octanol–water partition coefficient (Wildman–Crippen LogP) is 14.5. The smallest absolute Gasteiger partial charge is 0.410 e. The molecule has 32 nitrogen and oxygen atoms in total. The van der Waals surface area contributed by atoms with Crippen LogP contribution in [0, 0.1) is 18.8 Å². The fourth-order valence-electron chi connectivity index (χ4n) is 16.8. The Morgan fingerprint density at radius 2 is 0.681 bits per heavy atom. The molecule has 8 fully saturated rings. The number of nitriles is 1. The van der Waals surface area contributed by atoms with Crippen LogP contribution in [-0.2, 0) is 109 Å². The molecule has 0 atom stereocenters. The van der Waals surface area contributed by atoms with Crippen molar-refractivity contribution in [2.24, 2.45) is 0 Å². The van der Waals surface area contributed by atoms with E-state index in [4.69, 9.17) is 24.7 Å². The van der Waals surface area contributed by atoms with Gasteiger partial charge in [0.25, 0.3) is 11.8 Å². The fraction of sp³-hybridized carbons (Fsp3) is 0.324. The number of methoxy groups -OCH3 is 2. The van der Waals surface area contributed by atoms with Crippen LogP contribution in [0.15, 0.2) is 273 Å². The molecule has 11 amide bonds. The van der Waals surface area contributed by atoms with Crippen LogP contribution >= 0.6 is 0 Å². The summed E-state index contributed by atoms with van der Waals surface area (Å²) in [5.74, 6) is -2.07. The molecule has 9 aromatic rings. The monoisotopic (exact) mass is 1930 g/mol. The van der Waals surface area contributed by atoms with Gasteiger partial charge in [0.2, 0.25) is 5.91 Å². The van der Waals surface area contributed by atoms with E-state index in [0.717, 1.165) is 49.1 Å². The molecule has 33 heteroatoms. The second-order valence-corrected chi connectivity index (χ2v) is 32.6. The summed E-state index contributed by atoms with van der Waals surface area (Å²) in [5.41, 5.74) is 9.21. The van der Waals surface area contributed by atoms with Crippen LogP contribution in [0.4, 0.5) is 57.2 Å². The molecular weight excluding hydrogens is 1820 g/mol. The van der Waals surface area contributed by atoms with Gasteiger partial charge in [-0.1, -0.05) is 212 Å². The number of piperidine rings is 5. The number of urea groups is 2. The minimum absolute atomic E-state index is 0. The summed E-state index contributed by atoms with van der Waals surface area (Å²) in [4.78, 5) is 174. The number of likely N-dealkylation sites (tertiary alicyclic amines) is 4. The SMILES string of the molecule is COC(=O)CN1C(=O)N(c2ccccc2)C2(CCN(C(=O)OCc3ccccc3)CC2)C1=O.COC(=O)CN1C(=O)N(c2ccccc2)C2(CCNCC2)C1=O.N#CC1(Nc2ccccc2)CCN(C(=O)OCc2ccccc2)CC1.Nc1ccccc1.O=C(OCc1ccccc1)N1CCC2(CC1)C(=O)CC(=O)N2c1ccccc1.O=C1CCN(C(=O)OCc2ccccc2)CC1.[CH3-].[HH].[Pd]. The van der Waals surface area contributed by atoms with E-state index in [1.807, 2.05) is 237 Å². The molecule has 17 rings (SSSR count). The summed E-state index contributed by atoms with van der Waals surface area (Å²) >= 11 is 0. The van der Waals surface area contributed by atoms with Crippen molar-refractivity contribution < 1.29 is 113 Å². The number of benzene rings is 9. The zero-order chi connectivity index (χ0) is 94.2. The van der Waals surface area contributed by atoms with Crippen molar-refractivity contribution in [1.29, 1.82) is 5.26 Å². The Labute approximate surface area is 800 Å². The van der Waals surface area contributed by atoms with Gasteiger partial charge in [-0.3, -0.25) is 58.1 Å². The first-order valence-electron chi connectivity index (χ1n) is 44.1. The molecule has 0 aromatic heterocycles. The van der Waals surface area contributed by atoms with E-state index in [0.29, 0.717) is 115 Å². The third kappa shape index (κ3) is 26.5. The van der Waals surface area contributed by atoms with Gasteiger partial charge in [0.15, 0.2) is 5.78 Å². The van der Waals surface area contributed by atoms with Gasteiger partial charge in [-0.15, -0.1) is 0 Å². The number of nitrogens with zero attached hydrogens (tertiary/aromatic N) is 10. The largest absolute Gasteiger partial charge is 0.468 e. The summed E-state index contributed by atoms with van der Waals surface area (Å²) in [5, 5.41) is 16.2. The standard InChI is InChI=1S/C24H25N3O6.C22H22N2O4.C20H21N3O2.C16H19N3O4.C13H15NO3.C6H7N.CH3.Pd.H2/c1-32-20(28)16-26-21(29)24(27(22(26)30)19-10-6-3-7-11-19)12-14-25(15-13-24)23(31)33-17-18-8-4-2-5-9-18;25-19-15-20(26)24(18-9-5-2-6-10-18)22(19)11-13-23(14-12-22)21(27)28-16-17-7-3-1-4-8-17;21-16-20(22-18-9-5-2-6-10-18)11-13-23(14-12-20)19(24)25-15-17-7-3-1-4-8-17;1-23-13(20)11-18-14(21)16(7-9-17-10-8-16)19(15(18)22)12-5-3-2-4-6-12;15-12-6-8-14(9-7-12)13(16)17-10-11-4-2-1-3-5-11;7-6-4-2-1-3-5-6;;;/h2-11H,12-17H2,1H3;1-10H,11-16H2;1-10,22H,11-15H2;2-6,17H,7-11H2,1H3;1-5H,6-10H2;1-5H,7H2;1H3;;1H/q;;;;;;-1;;. The van der Waals surface area contributed by atoms with Crippen LogP contribution in [0.1, 0.15) is 94.3 Å². The number of carbonyl (C=O) groups excluding carboxylic acids is 13. The molecule has 8 aliphatic rings. The van der Waals surface area contributed by atoms with E-state index < -0.39 is 64.7 Å². The first kappa shape index (κ1) is 103. The number of ketones is 2. The molecule has 0 saturated carbocycles. The van der Waals surface area contributed by atoms with Crippen molar-refractivity contribution in [3.63, 3.8) is 0 Å². The first-order valence-corrected chi connectivity index (χ1v) is 44.1. The zero-order valence-corrected chi connectivity index (χ0v) is 77.2. The van der Waals surface area contributed by atoms with Crippen LogP contribution in [0.3, 0.4) is 0 Å². The van der Waals surface area contributed by atoms with Gasteiger partial charge in [-0.25, -0.2) is 28.8 Å². The number of Topliss-reactive ketones (excluding diaryl/α,β-unsaturated/α-hetero) is 2. The third-order valence-corrected chi connectivity index (χ3v) is 24.1. The number of hydrogen-bond donors (Lipinski definition) is 3. The molecule has 0 aliphatic carbocycles. The number of amides is 11. The van der Waals surface area contributed by atoms with Crippen LogP contribution in [0.25, 0.3) is 0 Å². The maximum absolute atomic E-state index is 13.4. The quantitative estimate of drug-likeness (QED) is 0.0145. The second-order valence-electron chi connectivity index (χ2n) is 32.6. The minimum atomic E-state index is -1.18. The topological polar surface area (TPSA) is 380 Å². The number of hydrogen-bond acceptors (Lipinski definition) is 23. The van der Waals surface area contributed by atoms with Gasteiger partial charge >= 0.3 is 48.4 Å². The molecule has 712 valence electrons. The van der Waals surface area contributed by atoms with Gasteiger partial charge in [0.1, 0.15) is 67.5 Å². The minimum Gasteiger partial charge on any atom is -0.468 e. The maximum atomic E-state index is 13.4. The predicted molar refractivity (Wildman–Crippen MR) is 502 cm³/mol. The molecule has 8 aliphatic heterocycles. The Hall–Kier alpha value is -14.6. The second kappa shape index (κ2) is 49.8. The van der Waals surface area contributed by atoms with Crippen molar-refractivity contribution in [3.8, 4) is 6.07 Å². The maximum Gasteiger partial charge on any atom is 0.410 e. The van der Waals surface area contributed by atoms with E-state index in [1.165, 1.54) is 24.0 Å². The zero-order valence-electron chi connectivity index (χ0n) is 75.7. The average Bonchev–Trinajstić information content (AvgIpc) is 1.59. The number of anilines is 5. The van der Waals surface area contributed by atoms with Gasteiger partial charge < -0.3 is 71.8 Å². The Morgan fingerprint density at radius 1 is 0.393 bits per heavy atom. The average molecular weight is 1930 g/mol. The van der Waals surface area contributed by atoms with Gasteiger partial charge in [0, 0.05) is 128 Å². The summed E-state index contributed by atoms with van der Waals surface area (Å²) in [7, 11) is 2.44. The number of nitrogens with two attached hydrogens (primary N) is 1. The van der Waals surface area contributed by atoms with E-state index in [2.05, 4.69) is 26.2 Å². The Morgan fingerprint density at radius 3 is 1.00 bits per heavy atom. The van der Waals surface area contributed by atoms with Crippen molar-refractivity contribution >= 4 is 106 Å². The number of esters is 2. The van der Waals surface area contributed by atoms with E-state index in [9.17, 15) is 67.6 Å². The Kier molecular flexibility index (Phi) is 37.8.